The molecule has 0 spiro atoms. The van der Waals surface area contributed by atoms with Crippen molar-refractivity contribution in [3.63, 3.8) is 0 Å². The third-order valence-corrected chi connectivity index (χ3v) is 4.92. The predicted molar refractivity (Wildman–Crippen MR) is 61.2 cm³/mol. The van der Waals surface area contributed by atoms with Crippen LogP contribution in [0, 0.1) is 0 Å². The minimum Gasteiger partial charge on any atom is -0.305 e. The van der Waals surface area contributed by atoms with Crippen LogP contribution in [0.1, 0.15) is 46.0 Å². The molecule has 0 aromatic carbocycles. The SMILES string of the molecule is CCCCC1N(C)[SiH2]N1CCCC. The Balaban J connectivity index is 2.16. The van der Waals surface area contributed by atoms with Gasteiger partial charge < -0.3 is 9.13 Å². The molecule has 13 heavy (non-hydrogen) atoms. The molecule has 1 rings (SSSR count). The predicted octanol–water partition coefficient (Wildman–Crippen LogP) is 1.55. The lowest BCUT2D eigenvalue weighted by molar-refractivity contribution is 0.105. The Bertz CT molecular complexity index is 141. The van der Waals surface area contributed by atoms with Gasteiger partial charge in [-0.2, -0.15) is 0 Å². The maximum absolute atomic E-state index is 2.75. The number of hydrogen-bond donors (Lipinski definition) is 0. The van der Waals surface area contributed by atoms with Crippen LogP contribution in [0.2, 0.25) is 0 Å². The molecule has 1 aliphatic rings. The van der Waals surface area contributed by atoms with Crippen LogP contribution in [0.4, 0.5) is 0 Å². The van der Waals surface area contributed by atoms with Gasteiger partial charge in [0.15, 0.2) is 9.84 Å². The summed E-state index contributed by atoms with van der Waals surface area (Å²) in [4.78, 5) is 0. The van der Waals surface area contributed by atoms with Gasteiger partial charge in [-0.05, 0) is 26.4 Å². The molecule has 1 heterocycles. The molecular weight excluding hydrogens is 176 g/mol. The van der Waals surface area contributed by atoms with E-state index in [2.05, 4.69) is 30.0 Å². The summed E-state index contributed by atoms with van der Waals surface area (Å²) in [5, 5.41) is 0. The quantitative estimate of drug-likeness (QED) is 0.600. The van der Waals surface area contributed by atoms with E-state index < -0.39 is 0 Å². The fraction of sp³-hybridized carbons (Fsp3) is 1.00. The van der Waals surface area contributed by atoms with E-state index in [1.165, 1.54) is 38.6 Å². The van der Waals surface area contributed by atoms with E-state index in [0.717, 1.165) is 6.17 Å². The Morgan fingerprint density at radius 1 is 1.15 bits per heavy atom. The van der Waals surface area contributed by atoms with E-state index in [1.54, 1.807) is 0 Å². The molecule has 0 aromatic rings. The van der Waals surface area contributed by atoms with Crippen molar-refractivity contribution < 1.29 is 0 Å². The zero-order chi connectivity index (χ0) is 9.68. The lowest BCUT2D eigenvalue weighted by atomic mass is 10.2. The molecule has 0 radical (unpaired) electrons. The Labute approximate surface area is 85.3 Å². The fourth-order valence-corrected chi connectivity index (χ4v) is 3.91. The first-order valence-electron chi connectivity index (χ1n) is 5.73. The summed E-state index contributed by atoms with van der Waals surface area (Å²) in [6.07, 6.45) is 7.68. The summed E-state index contributed by atoms with van der Waals surface area (Å²) in [7, 11) is 2.31. The Kier molecular flexibility index (Phi) is 4.99. The molecule has 0 N–H and O–H groups in total. The first-order chi connectivity index (χ1) is 6.29. The summed E-state index contributed by atoms with van der Waals surface area (Å²) < 4.78 is 5.35. The highest BCUT2D eigenvalue weighted by molar-refractivity contribution is 6.31. The van der Waals surface area contributed by atoms with E-state index in [4.69, 9.17) is 0 Å². The molecule has 0 aliphatic carbocycles. The van der Waals surface area contributed by atoms with Gasteiger partial charge >= 0.3 is 0 Å². The van der Waals surface area contributed by atoms with Crippen molar-refractivity contribution in [1.82, 2.24) is 9.13 Å². The molecule has 78 valence electrons. The summed E-state index contributed by atoms with van der Waals surface area (Å²) >= 11 is 0. The highest BCUT2D eigenvalue weighted by Gasteiger charge is 2.31. The van der Waals surface area contributed by atoms with E-state index in [0.29, 0.717) is 0 Å². The van der Waals surface area contributed by atoms with Gasteiger partial charge in [-0.1, -0.05) is 33.1 Å². The summed E-state index contributed by atoms with van der Waals surface area (Å²) in [6.45, 7) is 5.93. The third-order valence-electron chi connectivity index (χ3n) is 2.95. The molecule has 2 nitrogen and oxygen atoms in total. The van der Waals surface area contributed by atoms with Crippen molar-refractivity contribution in [3.05, 3.63) is 0 Å². The highest BCUT2D eigenvalue weighted by Crippen LogP contribution is 2.20. The number of unbranched alkanes of at least 4 members (excludes halogenated alkanes) is 2. The van der Waals surface area contributed by atoms with Gasteiger partial charge in [0.05, 0.1) is 6.17 Å². The van der Waals surface area contributed by atoms with Gasteiger partial charge in [0.1, 0.15) is 0 Å². The monoisotopic (exact) mass is 200 g/mol. The number of rotatable bonds is 6. The maximum atomic E-state index is 2.75. The maximum Gasteiger partial charge on any atom is 0.175 e. The molecule has 1 saturated heterocycles. The second kappa shape index (κ2) is 5.78. The lowest BCUT2D eigenvalue weighted by Gasteiger charge is -2.49. The van der Waals surface area contributed by atoms with Gasteiger partial charge in [-0.15, -0.1) is 0 Å². The van der Waals surface area contributed by atoms with E-state index in [-0.39, 0.29) is 9.84 Å². The first kappa shape index (κ1) is 11.2. The number of hydrogen-bond acceptors (Lipinski definition) is 2. The average molecular weight is 200 g/mol. The van der Waals surface area contributed by atoms with E-state index in [9.17, 15) is 0 Å². The smallest absolute Gasteiger partial charge is 0.175 e. The van der Waals surface area contributed by atoms with Gasteiger partial charge in [-0.3, -0.25) is 0 Å². The molecule has 1 atom stereocenters. The summed E-state index contributed by atoms with van der Waals surface area (Å²) in [5.41, 5.74) is 0. The van der Waals surface area contributed by atoms with Crippen LogP contribution in [-0.4, -0.2) is 38.7 Å². The van der Waals surface area contributed by atoms with Crippen LogP contribution in [0.15, 0.2) is 0 Å². The van der Waals surface area contributed by atoms with Crippen molar-refractivity contribution in [2.45, 2.75) is 52.1 Å². The van der Waals surface area contributed by atoms with Gasteiger partial charge in [0.2, 0.25) is 0 Å². The van der Waals surface area contributed by atoms with Crippen molar-refractivity contribution in [1.29, 1.82) is 0 Å². The Hall–Kier alpha value is 0.137. The van der Waals surface area contributed by atoms with Gasteiger partial charge in [0.25, 0.3) is 0 Å². The van der Waals surface area contributed by atoms with Gasteiger partial charge in [0, 0.05) is 0 Å². The standard InChI is InChI=1S/C10H24N2Si/c1-4-6-8-10-11(3)13-12(10)9-7-5-2/h10H,4-9,13H2,1-3H3. The van der Waals surface area contributed by atoms with Crippen molar-refractivity contribution in [3.8, 4) is 0 Å². The van der Waals surface area contributed by atoms with Crippen molar-refractivity contribution >= 4 is 9.84 Å². The lowest BCUT2D eigenvalue weighted by Crippen LogP contribution is -2.64. The molecule has 1 fully saturated rings. The highest BCUT2D eigenvalue weighted by atomic mass is 28.2. The average Bonchev–Trinajstić information content (AvgIpc) is 2.12. The van der Waals surface area contributed by atoms with Crippen molar-refractivity contribution in [2.24, 2.45) is 0 Å². The Morgan fingerprint density at radius 2 is 1.85 bits per heavy atom. The van der Waals surface area contributed by atoms with Crippen LogP contribution in [0.5, 0.6) is 0 Å². The topological polar surface area (TPSA) is 6.48 Å². The molecule has 0 bridgehead atoms. The van der Waals surface area contributed by atoms with E-state index >= 15 is 0 Å². The molecular formula is C10H24N2Si. The number of nitrogens with zero attached hydrogens (tertiary/aromatic N) is 2. The second-order valence-corrected chi connectivity index (χ2v) is 6.28. The zero-order valence-corrected chi connectivity index (χ0v) is 10.8. The molecule has 1 aliphatic heterocycles. The largest absolute Gasteiger partial charge is 0.305 e. The van der Waals surface area contributed by atoms with Crippen LogP contribution < -0.4 is 0 Å². The fourth-order valence-electron chi connectivity index (χ4n) is 2.03. The summed E-state index contributed by atoms with van der Waals surface area (Å²) in [5.74, 6) is 0. The normalized spacial score (nSPS) is 26.5. The van der Waals surface area contributed by atoms with Gasteiger partial charge in [-0.25, -0.2) is 0 Å². The van der Waals surface area contributed by atoms with Crippen molar-refractivity contribution in [2.75, 3.05) is 13.6 Å². The minimum atomic E-state index is 0.0143. The molecule has 1 unspecified atom stereocenters. The third kappa shape index (κ3) is 3.08. The molecule has 0 amide bonds. The molecule has 3 heteroatoms. The first-order valence-corrected chi connectivity index (χ1v) is 7.00. The minimum absolute atomic E-state index is 0.0143. The van der Waals surface area contributed by atoms with Crippen LogP contribution >= 0.6 is 0 Å². The van der Waals surface area contributed by atoms with Crippen LogP contribution in [0.25, 0.3) is 0 Å². The van der Waals surface area contributed by atoms with E-state index in [1.807, 2.05) is 0 Å². The van der Waals surface area contributed by atoms with Crippen LogP contribution in [-0.2, 0) is 0 Å². The molecule has 0 aromatic heterocycles. The zero-order valence-electron chi connectivity index (χ0n) is 9.42. The van der Waals surface area contributed by atoms with Crippen LogP contribution in [0.3, 0.4) is 0 Å². The summed E-state index contributed by atoms with van der Waals surface area (Å²) in [6, 6.07) is 0. The second-order valence-electron chi connectivity index (χ2n) is 4.19. The molecule has 0 saturated carbocycles. The Morgan fingerprint density at radius 3 is 2.38 bits per heavy atom.